The van der Waals surface area contributed by atoms with Crippen molar-refractivity contribution < 1.29 is 12.3 Å². The van der Waals surface area contributed by atoms with Gasteiger partial charge in [-0.1, -0.05) is 36.9 Å². The minimum atomic E-state index is -4.60. The number of allylic oxidation sites excluding steroid dienone is 1. The van der Waals surface area contributed by atoms with E-state index in [1.807, 2.05) is 0 Å². The van der Waals surface area contributed by atoms with Gasteiger partial charge in [-0.2, -0.15) is 8.42 Å². The zero-order valence-corrected chi connectivity index (χ0v) is 7.72. The Morgan fingerprint density at radius 2 is 1.85 bits per heavy atom. The minimum absolute atomic E-state index is 0.0275. The Morgan fingerprint density at radius 3 is 2.31 bits per heavy atom. The molecule has 0 heterocycles. The van der Waals surface area contributed by atoms with Crippen LogP contribution in [-0.4, -0.2) is 8.42 Å². The molecule has 1 aromatic rings. The van der Waals surface area contributed by atoms with Crippen LogP contribution >= 0.6 is 0 Å². The van der Waals surface area contributed by atoms with Crippen molar-refractivity contribution in [1.29, 1.82) is 0 Å². The lowest BCUT2D eigenvalue weighted by Crippen LogP contribution is -1.98. The smallest absolute Gasteiger partial charge is 0.190 e. The maximum Gasteiger partial charge on any atom is 0.327 e. The van der Waals surface area contributed by atoms with E-state index in [0.717, 1.165) is 5.56 Å². The zero-order valence-electron chi connectivity index (χ0n) is 6.90. The highest BCUT2D eigenvalue weighted by Crippen LogP contribution is 2.13. The second-order valence-electron chi connectivity index (χ2n) is 2.64. The summed E-state index contributed by atoms with van der Waals surface area (Å²) >= 11 is 0. The normalized spacial score (nSPS) is 11.2. The van der Waals surface area contributed by atoms with Gasteiger partial charge in [0.15, 0.2) is 0 Å². The fourth-order valence-corrected chi connectivity index (χ4v) is 1.25. The standard InChI is InChI=1S/C9H9FO2S/c1-8(13(10,11)12)7-9-5-3-2-4-6-9/h2-6H,1,7H2. The van der Waals surface area contributed by atoms with Crippen LogP contribution in [-0.2, 0) is 16.6 Å². The van der Waals surface area contributed by atoms with E-state index in [1.165, 1.54) is 0 Å². The molecule has 4 heteroatoms. The molecule has 2 nitrogen and oxygen atoms in total. The Balaban J connectivity index is 2.78. The summed E-state index contributed by atoms with van der Waals surface area (Å²) in [6.07, 6.45) is 0.0275. The van der Waals surface area contributed by atoms with Gasteiger partial charge in [-0.25, -0.2) is 0 Å². The first-order valence-electron chi connectivity index (χ1n) is 3.66. The lowest BCUT2D eigenvalue weighted by atomic mass is 10.1. The van der Waals surface area contributed by atoms with Crippen LogP contribution in [0.15, 0.2) is 41.8 Å². The Labute approximate surface area is 76.9 Å². The largest absolute Gasteiger partial charge is 0.327 e. The van der Waals surface area contributed by atoms with E-state index < -0.39 is 15.1 Å². The summed E-state index contributed by atoms with van der Waals surface area (Å²) in [5.74, 6) is 0. The first-order chi connectivity index (χ1) is 6.00. The molecule has 0 radical (unpaired) electrons. The van der Waals surface area contributed by atoms with E-state index in [2.05, 4.69) is 6.58 Å². The second kappa shape index (κ2) is 3.70. The van der Waals surface area contributed by atoms with Gasteiger partial charge in [0.05, 0.1) is 4.91 Å². The van der Waals surface area contributed by atoms with Crippen molar-refractivity contribution >= 4 is 10.2 Å². The zero-order chi connectivity index (χ0) is 9.90. The van der Waals surface area contributed by atoms with Gasteiger partial charge >= 0.3 is 10.2 Å². The molecule has 0 aromatic heterocycles. The summed E-state index contributed by atoms with van der Waals surface area (Å²) in [4.78, 5) is -0.404. The molecule has 1 aromatic carbocycles. The summed E-state index contributed by atoms with van der Waals surface area (Å²) in [6.45, 7) is 3.16. The van der Waals surface area contributed by atoms with Crippen LogP contribution in [0, 0.1) is 0 Å². The third-order valence-electron chi connectivity index (χ3n) is 1.59. The molecule has 0 aliphatic carbocycles. The van der Waals surface area contributed by atoms with Crippen molar-refractivity contribution in [3.63, 3.8) is 0 Å². The molecule has 0 saturated carbocycles. The highest BCUT2D eigenvalue weighted by molar-refractivity contribution is 7.90. The molecule has 0 atom stereocenters. The average molecular weight is 200 g/mol. The molecule has 0 aliphatic heterocycles. The molecule has 0 spiro atoms. The van der Waals surface area contributed by atoms with E-state index in [-0.39, 0.29) is 6.42 Å². The molecule has 1 rings (SSSR count). The van der Waals surface area contributed by atoms with Gasteiger partial charge in [0.25, 0.3) is 0 Å². The van der Waals surface area contributed by atoms with Crippen LogP contribution in [0.1, 0.15) is 5.56 Å². The molecular formula is C9H9FO2S. The molecular weight excluding hydrogens is 191 g/mol. The first kappa shape index (κ1) is 9.92. The Morgan fingerprint density at radius 1 is 1.31 bits per heavy atom. The molecule has 13 heavy (non-hydrogen) atoms. The van der Waals surface area contributed by atoms with Crippen LogP contribution in [0.4, 0.5) is 3.89 Å². The van der Waals surface area contributed by atoms with Crippen LogP contribution in [0.5, 0.6) is 0 Å². The Bertz CT molecular complexity index is 395. The van der Waals surface area contributed by atoms with E-state index >= 15 is 0 Å². The van der Waals surface area contributed by atoms with E-state index in [0.29, 0.717) is 0 Å². The minimum Gasteiger partial charge on any atom is -0.190 e. The molecule has 0 fully saturated rings. The van der Waals surface area contributed by atoms with Gasteiger partial charge in [-0.05, 0) is 5.56 Å². The van der Waals surface area contributed by atoms with Crippen LogP contribution in [0.2, 0.25) is 0 Å². The van der Waals surface area contributed by atoms with Crippen LogP contribution in [0.25, 0.3) is 0 Å². The van der Waals surface area contributed by atoms with E-state index in [9.17, 15) is 12.3 Å². The van der Waals surface area contributed by atoms with Gasteiger partial charge in [0.1, 0.15) is 0 Å². The predicted octanol–water partition coefficient (Wildman–Crippen LogP) is 2.04. The lowest BCUT2D eigenvalue weighted by molar-refractivity contribution is 0.558. The van der Waals surface area contributed by atoms with Crippen molar-refractivity contribution in [1.82, 2.24) is 0 Å². The number of hydrogen-bond acceptors (Lipinski definition) is 2. The Kier molecular flexibility index (Phi) is 2.83. The quantitative estimate of drug-likeness (QED) is 0.700. The number of hydrogen-bond donors (Lipinski definition) is 0. The number of benzene rings is 1. The monoisotopic (exact) mass is 200 g/mol. The summed E-state index contributed by atoms with van der Waals surface area (Å²) in [5.41, 5.74) is 0.730. The van der Waals surface area contributed by atoms with Crippen LogP contribution < -0.4 is 0 Å². The maximum absolute atomic E-state index is 12.3. The van der Waals surface area contributed by atoms with Crippen molar-refractivity contribution in [2.75, 3.05) is 0 Å². The van der Waals surface area contributed by atoms with Gasteiger partial charge in [-0.3, -0.25) is 0 Å². The first-order valence-corrected chi connectivity index (χ1v) is 5.05. The van der Waals surface area contributed by atoms with Gasteiger partial charge in [0, 0.05) is 6.42 Å². The Hall–Kier alpha value is -1.16. The third-order valence-corrected chi connectivity index (χ3v) is 2.42. The molecule has 0 bridgehead atoms. The topological polar surface area (TPSA) is 34.1 Å². The predicted molar refractivity (Wildman–Crippen MR) is 49.3 cm³/mol. The van der Waals surface area contributed by atoms with Gasteiger partial charge < -0.3 is 0 Å². The van der Waals surface area contributed by atoms with Crippen molar-refractivity contribution in [3.05, 3.63) is 47.4 Å². The van der Waals surface area contributed by atoms with Crippen molar-refractivity contribution in [3.8, 4) is 0 Å². The maximum atomic E-state index is 12.3. The van der Waals surface area contributed by atoms with Crippen LogP contribution in [0.3, 0.4) is 0 Å². The molecule has 0 N–H and O–H groups in total. The highest BCUT2D eigenvalue weighted by Gasteiger charge is 2.12. The van der Waals surface area contributed by atoms with E-state index in [4.69, 9.17) is 0 Å². The second-order valence-corrected chi connectivity index (χ2v) is 4.09. The summed E-state index contributed by atoms with van der Waals surface area (Å²) in [5, 5.41) is 0. The van der Waals surface area contributed by atoms with Gasteiger partial charge in [-0.15, -0.1) is 3.89 Å². The van der Waals surface area contributed by atoms with Crippen molar-refractivity contribution in [2.45, 2.75) is 6.42 Å². The molecule has 0 amide bonds. The number of rotatable bonds is 3. The highest BCUT2D eigenvalue weighted by atomic mass is 32.3. The van der Waals surface area contributed by atoms with Crippen molar-refractivity contribution in [2.24, 2.45) is 0 Å². The summed E-state index contributed by atoms with van der Waals surface area (Å²) in [6, 6.07) is 8.75. The number of halogens is 1. The summed E-state index contributed by atoms with van der Waals surface area (Å²) < 4.78 is 33.1. The summed E-state index contributed by atoms with van der Waals surface area (Å²) in [7, 11) is -4.60. The fraction of sp³-hybridized carbons (Fsp3) is 0.111. The lowest BCUT2D eigenvalue weighted by Gasteiger charge is -1.99. The van der Waals surface area contributed by atoms with E-state index in [1.54, 1.807) is 30.3 Å². The third kappa shape index (κ3) is 2.99. The fourth-order valence-electron chi connectivity index (χ4n) is 0.910. The average Bonchev–Trinajstić information content (AvgIpc) is 2.04. The molecule has 0 unspecified atom stereocenters. The van der Waals surface area contributed by atoms with Gasteiger partial charge in [0.2, 0.25) is 0 Å². The molecule has 0 aliphatic rings. The SMILES string of the molecule is C=C(Cc1ccccc1)S(=O)(=O)F. The molecule has 70 valence electrons. The molecule has 0 saturated heterocycles.